The SMILES string of the molecule is NCCCCCCc1ccc(O)cc1. The van der Waals surface area contributed by atoms with Crippen molar-refractivity contribution < 1.29 is 5.11 Å². The van der Waals surface area contributed by atoms with Gasteiger partial charge in [0.05, 0.1) is 0 Å². The molecule has 0 radical (unpaired) electrons. The maximum atomic E-state index is 9.08. The van der Waals surface area contributed by atoms with Crippen LogP contribution in [0.5, 0.6) is 5.75 Å². The average Bonchev–Trinajstić information content (AvgIpc) is 2.21. The zero-order valence-corrected chi connectivity index (χ0v) is 8.58. The van der Waals surface area contributed by atoms with Crippen molar-refractivity contribution in [1.82, 2.24) is 0 Å². The quantitative estimate of drug-likeness (QED) is 0.682. The molecule has 1 rings (SSSR count). The second-order valence-corrected chi connectivity index (χ2v) is 3.62. The highest BCUT2D eigenvalue weighted by atomic mass is 16.3. The lowest BCUT2D eigenvalue weighted by atomic mass is 10.1. The summed E-state index contributed by atoms with van der Waals surface area (Å²) in [4.78, 5) is 0. The first kappa shape index (κ1) is 11.1. The van der Waals surface area contributed by atoms with E-state index < -0.39 is 0 Å². The van der Waals surface area contributed by atoms with Gasteiger partial charge in [-0.2, -0.15) is 0 Å². The molecule has 0 saturated carbocycles. The highest BCUT2D eigenvalue weighted by Crippen LogP contribution is 2.12. The lowest BCUT2D eigenvalue weighted by Crippen LogP contribution is -1.97. The van der Waals surface area contributed by atoms with Crippen molar-refractivity contribution >= 4 is 0 Å². The minimum absolute atomic E-state index is 0.344. The number of benzene rings is 1. The molecule has 2 nitrogen and oxygen atoms in total. The number of aryl methyl sites for hydroxylation is 1. The van der Waals surface area contributed by atoms with Gasteiger partial charge >= 0.3 is 0 Å². The van der Waals surface area contributed by atoms with Crippen LogP contribution in [0, 0.1) is 0 Å². The Balaban J connectivity index is 2.15. The van der Waals surface area contributed by atoms with Crippen LogP contribution in [0.3, 0.4) is 0 Å². The summed E-state index contributed by atoms with van der Waals surface area (Å²) >= 11 is 0. The summed E-state index contributed by atoms with van der Waals surface area (Å²) in [6.45, 7) is 0.805. The number of hydrogen-bond donors (Lipinski definition) is 2. The Labute approximate surface area is 85.8 Å². The number of nitrogens with two attached hydrogens (primary N) is 1. The van der Waals surface area contributed by atoms with Crippen LogP contribution in [-0.2, 0) is 6.42 Å². The first-order chi connectivity index (χ1) is 6.83. The Kier molecular flexibility index (Phi) is 5.08. The molecule has 3 N–H and O–H groups in total. The van der Waals surface area contributed by atoms with Gasteiger partial charge < -0.3 is 10.8 Å². The molecular weight excluding hydrogens is 174 g/mol. The Morgan fingerprint density at radius 3 is 2.21 bits per heavy atom. The van der Waals surface area contributed by atoms with Gasteiger partial charge in [0.1, 0.15) is 5.75 Å². The van der Waals surface area contributed by atoms with Crippen LogP contribution in [0.15, 0.2) is 24.3 Å². The molecule has 0 aliphatic rings. The second-order valence-electron chi connectivity index (χ2n) is 3.62. The van der Waals surface area contributed by atoms with Crippen LogP contribution < -0.4 is 5.73 Å². The van der Waals surface area contributed by atoms with Crippen LogP contribution in [0.4, 0.5) is 0 Å². The van der Waals surface area contributed by atoms with Crippen molar-refractivity contribution in [1.29, 1.82) is 0 Å². The molecular formula is C12H19NO. The summed E-state index contributed by atoms with van der Waals surface area (Å²) in [7, 11) is 0. The van der Waals surface area contributed by atoms with E-state index in [4.69, 9.17) is 10.8 Å². The zero-order valence-electron chi connectivity index (χ0n) is 8.58. The van der Waals surface area contributed by atoms with E-state index in [1.165, 1.54) is 24.8 Å². The van der Waals surface area contributed by atoms with E-state index in [0.717, 1.165) is 19.4 Å². The van der Waals surface area contributed by atoms with E-state index in [1.807, 2.05) is 12.1 Å². The van der Waals surface area contributed by atoms with Gasteiger partial charge in [-0.1, -0.05) is 25.0 Å². The first-order valence-electron chi connectivity index (χ1n) is 5.31. The normalized spacial score (nSPS) is 10.4. The van der Waals surface area contributed by atoms with E-state index in [1.54, 1.807) is 12.1 Å². The summed E-state index contributed by atoms with van der Waals surface area (Å²) in [5.74, 6) is 0.344. The highest BCUT2D eigenvalue weighted by molar-refractivity contribution is 5.25. The number of unbranched alkanes of at least 4 members (excludes halogenated alkanes) is 3. The summed E-state index contributed by atoms with van der Waals surface area (Å²) < 4.78 is 0. The Morgan fingerprint density at radius 1 is 0.929 bits per heavy atom. The Morgan fingerprint density at radius 2 is 1.57 bits per heavy atom. The lowest BCUT2D eigenvalue weighted by Gasteiger charge is -2.01. The monoisotopic (exact) mass is 193 g/mol. The number of hydrogen-bond acceptors (Lipinski definition) is 2. The van der Waals surface area contributed by atoms with Crippen LogP contribution >= 0.6 is 0 Å². The molecule has 0 aromatic heterocycles. The number of aromatic hydroxyl groups is 1. The van der Waals surface area contributed by atoms with Crippen molar-refractivity contribution in [2.45, 2.75) is 32.1 Å². The molecule has 0 spiro atoms. The van der Waals surface area contributed by atoms with Crippen molar-refractivity contribution in [3.05, 3.63) is 29.8 Å². The Hall–Kier alpha value is -1.02. The van der Waals surface area contributed by atoms with Gasteiger partial charge in [0, 0.05) is 0 Å². The van der Waals surface area contributed by atoms with Gasteiger partial charge in [-0.05, 0) is 43.5 Å². The molecule has 0 atom stereocenters. The molecule has 1 aromatic rings. The molecule has 2 heteroatoms. The fourth-order valence-corrected chi connectivity index (χ4v) is 1.49. The fraction of sp³-hybridized carbons (Fsp3) is 0.500. The maximum Gasteiger partial charge on any atom is 0.115 e. The Bertz CT molecular complexity index is 243. The predicted molar refractivity (Wildman–Crippen MR) is 59.3 cm³/mol. The van der Waals surface area contributed by atoms with Crippen molar-refractivity contribution in [2.24, 2.45) is 5.73 Å². The van der Waals surface area contributed by atoms with Gasteiger partial charge in [-0.3, -0.25) is 0 Å². The smallest absolute Gasteiger partial charge is 0.115 e. The minimum Gasteiger partial charge on any atom is -0.508 e. The summed E-state index contributed by atoms with van der Waals surface area (Å²) in [5, 5.41) is 9.08. The molecule has 0 fully saturated rings. The van der Waals surface area contributed by atoms with Crippen LogP contribution in [-0.4, -0.2) is 11.7 Å². The van der Waals surface area contributed by atoms with E-state index in [-0.39, 0.29) is 0 Å². The molecule has 0 amide bonds. The first-order valence-corrected chi connectivity index (χ1v) is 5.31. The van der Waals surface area contributed by atoms with Gasteiger partial charge in [0.15, 0.2) is 0 Å². The topological polar surface area (TPSA) is 46.2 Å². The molecule has 0 aliphatic carbocycles. The summed E-state index contributed by atoms with van der Waals surface area (Å²) in [6.07, 6.45) is 5.93. The average molecular weight is 193 g/mol. The third-order valence-electron chi connectivity index (χ3n) is 2.36. The van der Waals surface area contributed by atoms with Crippen molar-refractivity contribution in [3.63, 3.8) is 0 Å². The number of rotatable bonds is 6. The maximum absolute atomic E-state index is 9.08. The molecule has 14 heavy (non-hydrogen) atoms. The lowest BCUT2D eigenvalue weighted by molar-refractivity contribution is 0.475. The molecule has 0 unspecified atom stereocenters. The molecule has 0 saturated heterocycles. The number of phenolic OH excluding ortho intramolecular Hbond substituents is 1. The van der Waals surface area contributed by atoms with E-state index in [2.05, 4.69) is 0 Å². The fourth-order valence-electron chi connectivity index (χ4n) is 1.49. The standard InChI is InChI=1S/C12H19NO/c13-10-4-2-1-3-5-11-6-8-12(14)9-7-11/h6-9,14H,1-5,10,13H2. The zero-order chi connectivity index (χ0) is 10.2. The largest absolute Gasteiger partial charge is 0.508 e. The highest BCUT2D eigenvalue weighted by Gasteiger charge is 1.93. The van der Waals surface area contributed by atoms with Crippen molar-refractivity contribution in [3.8, 4) is 5.75 Å². The molecule has 78 valence electrons. The van der Waals surface area contributed by atoms with Gasteiger partial charge in [0.25, 0.3) is 0 Å². The summed E-state index contributed by atoms with van der Waals surface area (Å²) in [6, 6.07) is 7.46. The summed E-state index contributed by atoms with van der Waals surface area (Å²) in [5.41, 5.74) is 6.71. The number of phenols is 1. The van der Waals surface area contributed by atoms with Gasteiger partial charge in [-0.15, -0.1) is 0 Å². The van der Waals surface area contributed by atoms with Crippen LogP contribution in [0.1, 0.15) is 31.2 Å². The predicted octanol–water partition coefficient (Wildman–Crippen LogP) is 2.45. The molecule has 0 bridgehead atoms. The molecule has 0 aliphatic heterocycles. The van der Waals surface area contributed by atoms with E-state index in [9.17, 15) is 0 Å². The van der Waals surface area contributed by atoms with Crippen molar-refractivity contribution in [2.75, 3.05) is 6.54 Å². The molecule has 1 aromatic carbocycles. The van der Waals surface area contributed by atoms with E-state index >= 15 is 0 Å². The van der Waals surface area contributed by atoms with Gasteiger partial charge in [0.2, 0.25) is 0 Å². The second kappa shape index (κ2) is 6.44. The third kappa shape index (κ3) is 4.28. The van der Waals surface area contributed by atoms with Crippen LogP contribution in [0.2, 0.25) is 0 Å². The van der Waals surface area contributed by atoms with Gasteiger partial charge in [-0.25, -0.2) is 0 Å². The third-order valence-corrected chi connectivity index (χ3v) is 2.36. The molecule has 0 heterocycles. The minimum atomic E-state index is 0.344. The van der Waals surface area contributed by atoms with Crippen LogP contribution in [0.25, 0.3) is 0 Å². The van der Waals surface area contributed by atoms with E-state index in [0.29, 0.717) is 5.75 Å².